The highest BCUT2D eigenvalue weighted by molar-refractivity contribution is 7.99. The Morgan fingerprint density at radius 1 is 0.389 bits per heavy atom. The highest BCUT2D eigenvalue weighted by atomic mass is 32.2. The minimum Gasteiger partial charge on any atom is -0.309 e. The Bertz CT molecular complexity index is 2990. The highest BCUT2D eigenvalue weighted by Gasteiger charge is 2.20. The molecule has 0 bridgehead atoms. The SMILES string of the molecule is c1ccc(-c2cc(-c3ccc(-n4c5ccccc5c5cc(-c6ccc7c(c6)-c6cccc8cccc(c68)S7)ccc54)cc3)nc(-c3ccccc3)n2)cc1. The van der Waals surface area contributed by atoms with E-state index in [-0.39, 0.29) is 0 Å². The lowest BCUT2D eigenvalue weighted by molar-refractivity contribution is 1.17. The molecule has 11 rings (SSSR count). The highest BCUT2D eigenvalue weighted by Crippen LogP contribution is 2.49. The first-order valence-corrected chi connectivity index (χ1v) is 19.1. The minimum absolute atomic E-state index is 0.716. The van der Waals surface area contributed by atoms with Crippen LogP contribution < -0.4 is 0 Å². The summed E-state index contributed by atoms with van der Waals surface area (Å²) >= 11 is 1.87. The summed E-state index contributed by atoms with van der Waals surface area (Å²) in [6.07, 6.45) is 0. The van der Waals surface area contributed by atoms with Crippen molar-refractivity contribution < 1.29 is 0 Å². The van der Waals surface area contributed by atoms with Gasteiger partial charge in [-0.15, -0.1) is 0 Å². The van der Waals surface area contributed by atoms with E-state index in [0.29, 0.717) is 5.82 Å². The monoisotopic (exact) mass is 705 g/mol. The summed E-state index contributed by atoms with van der Waals surface area (Å²) in [6, 6.07) is 67.3. The lowest BCUT2D eigenvalue weighted by atomic mass is 9.94. The van der Waals surface area contributed by atoms with Crippen molar-refractivity contribution in [1.82, 2.24) is 14.5 Å². The molecule has 8 aromatic carbocycles. The van der Waals surface area contributed by atoms with E-state index in [2.05, 4.69) is 156 Å². The van der Waals surface area contributed by atoms with Gasteiger partial charge in [0.15, 0.2) is 5.82 Å². The average molecular weight is 706 g/mol. The molecular formula is C50H31N3S. The van der Waals surface area contributed by atoms with Gasteiger partial charge in [0.1, 0.15) is 0 Å². The number of fused-ring (bicyclic) bond motifs is 5. The van der Waals surface area contributed by atoms with E-state index in [9.17, 15) is 0 Å². The fraction of sp³-hybridized carbons (Fsp3) is 0. The number of nitrogens with zero attached hydrogens (tertiary/aromatic N) is 3. The molecule has 0 fully saturated rings. The molecule has 0 aliphatic carbocycles. The molecule has 0 saturated heterocycles. The van der Waals surface area contributed by atoms with Crippen LogP contribution in [0.5, 0.6) is 0 Å². The molecule has 0 saturated carbocycles. The van der Waals surface area contributed by atoms with Crippen molar-refractivity contribution in [3.8, 4) is 61.8 Å². The second-order valence-corrected chi connectivity index (χ2v) is 14.9. The Hall–Kier alpha value is -6.75. The van der Waals surface area contributed by atoms with E-state index in [4.69, 9.17) is 9.97 Å². The predicted octanol–water partition coefficient (Wildman–Crippen LogP) is 13.5. The van der Waals surface area contributed by atoms with Gasteiger partial charge in [0.2, 0.25) is 0 Å². The smallest absolute Gasteiger partial charge is 0.160 e. The third kappa shape index (κ3) is 5.07. The first-order chi connectivity index (χ1) is 26.7. The largest absolute Gasteiger partial charge is 0.309 e. The molecule has 1 aliphatic rings. The van der Waals surface area contributed by atoms with Crippen LogP contribution in [-0.2, 0) is 0 Å². The second-order valence-electron chi connectivity index (χ2n) is 13.8. The molecule has 0 radical (unpaired) electrons. The van der Waals surface area contributed by atoms with Gasteiger partial charge in [-0.05, 0) is 82.2 Å². The van der Waals surface area contributed by atoms with E-state index in [1.165, 1.54) is 64.6 Å². The molecule has 0 atom stereocenters. The van der Waals surface area contributed by atoms with Gasteiger partial charge in [-0.2, -0.15) is 0 Å². The van der Waals surface area contributed by atoms with Gasteiger partial charge in [0.05, 0.1) is 22.4 Å². The summed E-state index contributed by atoms with van der Waals surface area (Å²) in [5, 5.41) is 5.12. The first-order valence-electron chi connectivity index (χ1n) is 18.2. The Morgan fingerprint density at radius 3 is 1.81 bits per heavy atom. The number of hydrogen-bond donors (Lipinski definition) is 0. The number of benzene rings is 8. The average Bonchev–Trinajstić information content (AvgIpc) is 3.58. The Balaban J connectivity index is 1.00. The Kier molecular flexibility index (Phi) is 7.10. The van der Waals surface area contributed by atoms with Crippen LogP contribution in [0.4, 0.5) is 0 Å². The van der Waals surface area contributed by atoms with Gasteiger partial charge >= 0.3 is 0 Å². The quantitative estimate of drug-likeness (QED) is 0.179. The fourth-order valence-electron chi connectivity index (χ4n) is 8.02. The zero-order valence-electron chi connectivity index (χ0n) is 29.1. The van der Waals surface area contributed by atoms with Crippen LogP contribution in [0, 0.1) is 0 Å². The second kappa shape index (κ2) is 12.4. The van der Waals surface area contributed by atoms with Gasteiger partial charge < -0.3 is 4.57 Å². The summed E-state index contributed by atoms with van der Waals surface area (Å²) in [6.45, 7) is 0. The summed E-state index contributed by atoms with van der Waals surface area (Å²) < 4.78 is 2.38. The molecule has 3 heterocycles. The van der Waals surface area contributed by atoms with Crippen LogP contribution in [0.25, 0.3) is 94.4 Å². The van der Waals surface area contributed by atoms with Crippen molar-refractivity contribution in [3.63, 3.8) is 0 Å². The van der Waals surface area contributed by atoms with E-state index >= 15 is 0 Å². The number of rotatable bonds is 5. The number of aromatic nitrogens is 3. The van der Waals surface area contributed by atoms with E-state index in [0.717, 1.165) is 33.8 Å². The number of hydrogen-bond acceptors (Lipinski definition) is 3. The maximum Gasteiger partial charge on any atom is 0.160 e. The zero-order chi connectivity index (χ0) is 35.6. The molecule has 0 unspecified atom stereocenters. The van der Waals surface area contributed by atoms with Crippen LogP contribution in [0.1, 0.15) is 0 Å². The topological polar surface area (TPSA) is 30.7 Å². The zero-order valence-corrected chi connectivity index (χ0v) is 30.0. The maximum absolute atomic E-state index is 5.06. The Labute approximate surface area is 317 Å². The van der Waals surface area contributed by atoms with E-state index in [1.807, 2.05) is 48.2 Å². The van der Waals surface area contributed by atoms with Crippen molar-refractivity contribution >= 4 is 44.3 Å². The van der Waals surface area contributed by atoms with Crippen LogP contribution in [0.15, 0.2) is 198 Å². The molecule has 2 aromatic heterocycles. The number of para-hydroxylation sites is 1. The van der Waals surface area contributed by atoms with Crippen LogP contribution >= 0.6 is 11.8 Å². The molecule has 10 aromatic rings. The predicted molar refractivity (Wildman–Crippen MR) is 225 cm³/mol. The summed E-state index contributed by atoms with van der Waals surface area (Å²) in [7, 11) is 0. The van der Waals surface area contributed by atoms with Gasteiger partial charge in [-0.3, -0.25) is 0 Å². The van der Waals surface area contributed by atoms with Crippen molar-refractivity contribution in [1.29, 1.82) is 0 Å². The first kappa shape index (κ1) is 30.8. The normalized spacial score (nSPS) is 12.0. The van der Waals surface area contributed by atoms with Gasteiger partial charge in [0, 0.05) is 48.3 Å². The maximum atomic E-state index is 5.06. The van der Waals surface area contributed by atoms with Crippen LogP contribution in [-0.4, -0.2) is 14.5 Å². The van der Waals surface area contributed by atoms with Crippen molar-refractivity contribution in [2.75, 3.05) is 0 Å². The van der Waals surface area contributed by atoms with Crippen LogP contribution in [0.2, 0.25) is 0 Å². The minimum atomic E-state index is 0.716. The molecular weight excluding hydrogens is 675 g/mol. The molecule has 4 heteroatoms. The molecule has 0 spiro atoms. The van der Waals surface area contributed by atoms with Crippen molar-refractivity contribution in [3.05, 3.63) is 188 Å². The molecule has 1 aliphatic heterocycles. The van der Waals surface area contributed by atoms with Crippen molar-refractivity contribution in [2.45, 2.75) is 9.79 Å². The van der Waals surface area contributed by atoms with Crippen LogP contribution in [0.3, 0.4) is 0 Å². The van der Waals surface area contributed by atoms with Gasteiger partial charge in [-0.25, -0.2) is 9.97 Å². The van der Waals surface area contributed by atoms with E-state index < -0.39 is 0 Å². The molecule has 252 valence electrons. The van der Waals surface area contributed by atoms with E-state index in [1.54, 1.807) is 0 Å². The van der Waals surface area contributed by atoms with Crippen molar-refractivity contribution in [2.24, 2.45) is 0 Å². The third-order valence-electron chi connectivity index (χ3n) is 10.6. The lowest BCUT2D eigenvalue weighted by Crippen LogP contribution is -1.97. The summed E-state index contributed by atoms with van der Waals surface area (Å²) in [5.74, 6) is 0.716. The molecule has 3 nitrogen and oxygen atoms in total. The molecule has 54 heavy (non-hydrogen) atoms. The molecule has 0 amide bonds. The fourth-order valence-corrected chi connectivity index (χ4v) is 9.15. The summed E-state index contributed by atoms with van der Waals surface area (Å²) in [5.41, 5.74) is 13.4. The molecule has 0 N–H and O–H groups in total. The van der Waals surface area contributed by atoms with Gasteiger partial charge in [0.25, 0.3) is 0 Å². The standard InChI is InChI=1S/C50H31N3S/c1-3-11-32(12-4-1)43-31-44(52-50(51-43)35-13-5-2-6-14-35)33-21-25-38(26-22-33)53-45-19-8-7-17-39(45)41-29-36(23-27-46(41)53)37-24-28-47-42(30-37)40-18-9-15-34-16-10-20-48(54-47)49(34)40/h1-31H. The summed E-state index contributed by atoms with van der Waals surface area (Å²) in [4.78, 5) is 12.7. The third-order valence-corrected chi connectivity index (χ3v) is 11.7. The van der Waals surface area contributed by atoms with Gasteiger partial charge in [-0.1, -0.05) is 145 Å². The Morgan fingerprint density at radius 2 is 1.02 bits per heavy atom. The lowest BCUT2D eigenvalue weighted by Gasteiger charge is -2.21.